The Morgan fingerprint density at radius 2 is 1.62 bits per heavy atom. The van der Waals surface area contributed by atoms with Crippen molar-refractivity contribution < 1.29 is 19.1 Å². The number of amides is 3. The number of rotatable bonds is 6. The van der Waals surface area contributed by atoms with Crippen molar-refractivity contribution in [3.05, 3.63) is 53.6 Å². The maximum Gasteiger partial charge on any atom is 0.229 e. The van der Waals surface area contributed by atoms with Crippen LogP contribution in [0.3, 0.4) is 0 Å². The van der Waals surface area contributed by atoms with Crippen molar-refractivity contribution in [2.45, 2.75) is 19.3 Å². The first-order chi connectivity index (χ1) is 12.5. The number of hydrogen-bond acceptors (Lipinski definition) is 4. The first-order valence-corrected chi connectivity index (χ1v) is 8.57. The van der Waals surface area contributed by atoms with Crippen molar-refractivity contribution in [3.63, 3.8) is 0 Å². The van der Waals surface area contributed by atoms with Gasteiger partial charge in [-0.05, 0) is 24.3 Å². The van der Waals surface area contributed by atoms with Gasteiger partial charge >= 0.3 is 0 Å². The number of halogens is 1. The molecule has 1 heterocycles. The van der Waals surface area contributed by atoms with Gasteiger partial charge in [-0.3, -0.25) is 19.3 Å². The zero-order valence-electron chi connectivity index (χ0n) is 13.9. The van der Waals surface area contributed by atoms with Crippen LogP contribution in [-0.2, 0) is 14.4 Å². The molecular formula is C19H17ClN2O4. The summed E-state index contributed by atoms with van der Waals surface area (Å²) in [4.78, 5) is 36.5. The first kappa shape index (κ1) is 17.9. The number of carbonyl (C=O) groups excluding carboxylic acids is 3. The second-order valence-corrected chi connectivity index (χ2v) is 6.17. The van der Waals surface area contributed by atoms with E-state index in [1.807, 2.05) is 0 Å². The molecule has 6 nitrogen and oxygen atoms in total. The monoisotopic (exact) mass is 372 g/mol. The molecule has 1 aliphatic rings. The van der Waals surface area contributed by atoms with Gasteiger partial charge < -0.3 is 10.1 Å². The fourth-order valence-electron chi connectivity index (χ4n) is 2.60. The molecule has 2 aromatic rings. The largest absolute Gasteiger partial charge is 0.454 e. The highest BCUT2D eigenvalue weighted by Gasteiger charge is 2.28. The normalized spacial score (nSPS) is 13.8. The van der Waals surface area contributed by atoms with Gasteiger partial charge in [-0.25, -0.2) is 0 Å². The van der Waals surface area contributed by atoms with Crippen molar-refractivity contribution in [3.8, 4) is 11.5 Å². The van der Waals surface area contributed by atoms with E-state index >= 15 is 0 Å². The van der Waals surface area contributed by atoms with Gasteiger partial charge in [0.25, 0.3) is 0 Å². The van der Waals surface area contributed by atoms with Crippen LogP contribution in [0.1, 0.15) is 19.3 Å². The predicted molar refractivity (Wildman–Crippen MR) is 97.2 cm³/mol. The Kier molecular flexibility index (Phi) is 5.53. The smallest absolute Gasteiger partial charge is 0.229 e. The summed E-state index contributed by atoms with van der Waals surface area (Å²) in [6, 6.07) is 14.0. The number of likely N-dealkylation sites (tertiary alicyclic amines) is 1. The number of hydrogen-bond donors (Lipinski definition) is 1. The van der Waals surface area contributed by atoms with E-state index in [0.717, 1.165) is 4.90 Å². The average molecular weight is 373 g/mol. The maximum atomic E-state index is 12.2. The molecule has 0 aliphatic carbocycles. The Morgan fingerprint density at radius 1 is 1.00 bits per heavy atom. The van der Waals surface area contributed by atoms with Gasteiger partial charge in [-0.1, -0.05) is 35.9 Å². The van der Waals surface area contributed by atoms with Crippen molar-refractivity contribution in [1.82, 2.24) is 4.90 Å². The van der Waals surface area contributed by atoms with Crippen LogP contribution in [0.15, 0.2) is 48.5 Å². The molecule has 7 heteroatoms. The number of carbonyl (C=O) groups is 3. The number of para-hydroxylation sites is 3. The van der Waals surface area contributed by atoms with Crippen LogP contribution in [0.5, 0.6) is 11.5 Å². The van der Waals surface area contributed by atoms with Crippen LogP contribution < -0.4 is 10.1 Å². The summed E-state index contributed by atoms with van der Waals surface area (Å²) in [6.45, 7) is 0.0804. The molecule has 0 bridgehead atoms. The lowest BCUT2D eigenvalue weighted by Gasteiger charge is -2.15. The van der Waals surface area contributed by atoms with Gasteiger partial charge in [0.2, 0.25) is 17.7 Å². The minimum atomic E-state index is -0.312. The third-order valence-corrected chi connectivity index (χ3v) is 4.25. The Morgan fingerprint density at radius 3 is 2.31 bits per heavy atom. The number of nitrogens with zero attached hydrogens (tertiary/aromatic N) is 1. The van der Waals surface area contributed by atoms with Gasteiger partial charge in [-0.2, -0.15) is 0 Å². The fraction of sp³-hybridized carbons (Fsp3) is 0.211. The topological polar surface area (TPSA) is 75.7 Å². The van der Waals surface area contributed by atoms with E-state index in [2.05, 4.69) is 5.32 Å². The zero-order chi connectivity index (χ0) is 18.5. The summed E-state index contributed by atoms with van der Waals surface area (Å²) in [5, 5.41) is 3.21. The highest BCUT2D eigenvalue weighted by Crippen LogP contribution is 2.33. The minimum Gasteiger partial charge on any atom is -0.454 e. The lowest BCUT2D eigenvalue weighted by molar-refractivity contribution is -0.138. The summed E-state index contributed by atoms with van der Waals surface area (Å²) in [5.41, 5.74) is 0.483. The molecule has 0 radical (unpaired) electrons. The molecule has 1 aliphatic heterocycles. The first-order valence-electron chi connectivity index (χ1n) is 8.19. The van der Waals surface area contributed by atoms with E-state index in [1.54, 1.807) is 48.5 Å². The molecule has 3 amide bonds. The fourth-order valence-corrected chi connectivity index (χ4v) is 2.78. The molecule has 0 atom stereocenters. The predicted octanol–water partition coefficient (Wildman–Crippen LogP) is 3.61. The molecular weight excluding hydrogens is 356 g/mol. The van der Waals surface area contributed by atoms with E-state index in [0.29, 0.717) is 22.2 Å². The lowest BCUT2D eigenvalue weighted by Crippen LogP contribution is -2.32. The quantitative estimate of drug-likeness (QED) is 0.786. The molecule has 1 N–H and O–H groups in total. The van der Waals surface area contributed by atoms with Crippen LogP contribution in [0.4, 0.5) is 5.69 Å². The third-order valence-electron chi connectivity index (χ3n) is 3.94. The standard InChI is InChI=1S/C19H17ClN2O4/c20-13-5-1-3-7-15(13)26-16-8-4-2-6-14(16)21-17(23)11-12-22-18(24)9-10-19(22)25/h1-8H,9-12H2,(H,21,23). The Bertz CT molecular complexity index is 837. The lowest BCUT2D eigenvalue weighted by atomic mass is 10.2. The zero-order valence-corrected chi connectivity index (χ0v) is 14.7. The number of anilines is 1. The summed E-state index contributed by atoms with van der Waals surface area (Å²) in [6.07, 6.45) is 0.460. The van der Waals surface area contributed by atoms with Crippen molar-refractivity contribution in [1.29, 1.82) is 0 Å². The van der Waals surface area contributed by atoms with E-state index in [1.165, 1.54) is 0 Å². The molecule has 0 saturated carbocycles. The summed E-state index contributed by atoms with van der Waals surface area (Å²) in [5.74, 6) is 0.148. The van der Waals surface area contributed by atoms with Crippen molar-refractivity contribution in [2.24, 2.45) is 0 Å². The minimum absolute atomic E-state index is 0.0257. The molecule has 0 unspecified atom stereocenters. The summed E-state index contributed by atoms with van der Waals surface area (Å²) >= 11 is 6.10. The van der Waals surface area contributed by atoms with Crippen LogP contribution in [0.2, 0.25) is 5.02 Å². The van der Waals surface area contributed by atoms with Crippen molar-refractivity contribution >= 4 is 35.0 Å². The third kappa shape index (κ3) is 4.21. The SMILES string of the molecule is O=C(CCN1C(=O)CCC1=O)Nc1ccccc1Oc1ccccc1Cl. The summed E-state index contributed by atoms with van der Waals surface area (Å²) < 4.78 is 5.79. The van der Waals surface area contributed by atoms with Crippen LogP contribution in [0.25, 0.3) is 0 Å². The van der Waals surface area contributed by atoms with E-state index in [9.17, 15) is 14.4 Å². The second kappa shape index (κ2) is 8.01. The number of benzene rings is 2. The van der Waals surface area contributed by atoms with Crippen LogP contribution >= 0.6 is 11.6 Å². The van der Waals surface area contributed by atoms with E-state index < -0.39 is 0 Å². The average Bonchev–Trinajstić information content (AvgIpc) is 2.95. The molecule has 1 fully saturated rings. The Balaban J connectivity index is 1.64. The van der Waals surface area contributed by atoms with Gasteiger partial charge in [0, 0.05) is 25.8 Å². The van der Waals surface area contributed by atoms with E-state index in [4.69, 9.17) is 16.3 Å². The van der Waals surface area contributed by atoms with E-state index in [-0.39, 0.29) is 43.5 Å². The molecule has 1 saturated heterocycles. The number of nitrogens with one attached hydrogen (secondary N) is 1. The molecule has 134 valence electrons. The maximum absolute atomic E-state index is 12.2. The molecule has 3 rings (SSSR count). The van der Waals surface area contributed by atoms with Gasteiger partial charge in [0.05, 0.1) is 10.7 Å². The van der Waals surface area contributed by atoms with Crippen LogP contribution in [-0.4, -0.2) is 29.2 Å². The highest BCUT2D eigenvalue weighted by molar-refractivity contribution is 6.32. The van der Waals surface area contributed by atoms with Crippen molar-refractivity contribution in [2.75, 3.05) is 11.9 Å². The molecule has 0 spiro atoms. The van der Waals surface area contributed by atoms with Gasteiger partial charge in [0.15, 0.2) is 5.75 Å². The molecule has 0 aromatic heterocycles. The number of ether oxygens (including phenoxy) is 1. The van der Waals surface area contributed by atoms with Crippen LogP contribution in [0, 0.1) is 0 Å². The highest BCUT2D eigenvalue weighted by atomic mass is 35.5. The number of imide groups is 1. The second-order valence-electron chi connectivity index (χ2n) is 5.77. The van der Waals surface area contributed by atoms with Gasteiger partial charge in [0.1, 0.15) is 5.75 Å². The Hall–Kier alpha value is -2.86. The van der Waals surface area contributed by atoms with Gasteiger partial charge in [-0.15, -0.1) is 0 Å². The summed E-state index contributed by atoms with van der Waals surface area (Å²) in [7, 11) is 0. The molecule has 26 heavy (non-hydrogen) atoms. The molecule has 2 aromatic carbocycles. The Labute approximate surface area is 155 Å².